The standard InChI is InChI=1S/C17H17FN4O3/c1-12(11-25-14-6-4-5-13(18)9-14)19-16(23)10-22-17(24)21-8-3-2-7-15(21)20-22/h2-9,12H,10-11H2,1H3,(H,19,23). The van der Waals surface area contributed by atoms with Crippen LogP contribution in [0.25, 0.3) is 5.65 Å². The SMILES string of the molecule is CC(COc1cccc(F)c1)NC(=O)Cn1nc2ccccn2c1=O. The molecule has 0 radical (unpaired) electrons. The van der Waals surface area contributed by atoms with E-state index >= 15 is 0 Å². The third-order valence-corrected chi connectivity index (χ3v) is 3.49. The number of carbonyl (C=O) groups excluding carboxylic acids is 1. The molecule has 0 saturated carbocycles. The maximum Gasteiger partial charge on any atom is 0.350 e. The van der Waals surface area contributed by atoms with E-state index in [0.29, 0.717) is 11.4 Å². The second kappa shape index (κ2) is 7.16. The normalized spacial score (nSPS) is 12.1. The lowest BCUT2D eigenvalue weighted by molar-refractivity contribution is -0.122. The molecule has 1 amide bonds. The number of benzene rings is 1. The van der Waals surface area contributed by atoms with Crippen LogP contribution in [0.4, 0.5) is 4.39 Å². The van der Waals surface area contributed by atoms with Gasteiger partial charge in [0, 0.05) is 12.3 Å². The van der Waals surface area contributed by atoms with Gasteiger partial charge in [-0.3, -0.25) is 9.20 Å². The van der Waals surface area contributed by atoms with Crippen LogP contribution < -0.4 is 15.7 Å². The number of amides is 1. The third-order valence-electron chi connectivity index (χ3n) is 3.49. The molecule has 25 heavy (non-hydrogen) atoms. The summed E-state index contributed by atoms with van der Waals surface area (Å²) in [5.74, 6) is -0.362. The highest BCUT2D eigenvalue weighted by molar-refractivity contribution is 5.75. The van der Waals surface area contributed by atoms with Gasteiger partial charge < -0.3 is 10.1 Å². The summed E-state index contributed by atoms with van der Waals surface area (Å²) in [6.45, 7) is 1.74. The molecular formula is C17H17FN4O3. The second-order valence-electron chi connectivity index (χ2n) is 5.61. The molecule has 8 heteroatoms. The molecule has 2 aromatic heterocycles. The number of nitrogens with zero attached hydrogens (tertiary/aromatic N) is 3. The summed E-state index contributed by atoms with van der Waals surface area (Å²) in [5, 5.41) is 6.81. The number of fused-ring (bicyclic) bond motifs is 1. The summed E-state index contributed by atoms with van der Waals surface area (Å²) >= 11 is 0. The zero-order chi connectivity index (χ0) is 17.8. The summed E-state index contributed by atoms with van der Waals surface area (Å²) in [6.07, 6.45) is 1.59. The van der Waals surface area contributed by atoms with Gasteiger partial charge in [0.05, 0.1) is 6.04 Å². The summed E-state index contributed by atoms with van der Waals surface area (Å²) in [5.41, 5.74) is 0.0946. The van der Waals surface area contributed by atoms with E-state index in [-0.39, 0.29) is 36.6 Å². The maximum atomic E-state index is 13.1. The van der Waals surface area contributed by atoms with Gasteiger partial charge in [-0.05, 0) is 31.2 Å². The Bertz CT molecular complexity index is 950. The fraction of sp³-hybridized carbons (Fsp3) is 0.235. The minimum atomic E-state index is -0.389. The lowest BCUT2D eigenvalue weighted by atomic mass is 10.3. The molecule has 130 valence electrons. The van der Waals surface area contributed by atoms with Crippen LogP contribution in [-0.4, -0.2) is 32.7 Å². The van der Waals surface area contributed by atoms with E-state index in [1.54, 1.807) is 43.5 Å². The Morgan fingerprint density at radius 1 is 1.32 bits per heavy atom. The van der Waals surface area contributed by atoms with Crippen LogP contribution in [0.5, 0.6) is 5.75 Å². The molecule has 0 aliphatic heterocycles. The molecule has 1 unspecified atom stereocenters. The van der Waals surface area contributed by atoms with Crippen molar-refractivity contribution in [1.82, 2.24) is 19.5 Å². The van der Waals surface area contributed by atoms with Gasteiger partial charge in [0.25, 0.3) is 0 Å². The summed E-state index contributed by atoms with van der Waals surface area (Å²) in [7, 11) is 0. The largest absolute Gasteiger partial charge is 0.491 e. The highest BCUT2D eigenvalue weighted by atomic mass is 19.1. The van der Waals surface area contributed by atoms with Crippen LogP contribution in [0.2, 0.25) is 0 Å². The molecule has 7 nitrogen and oxygen atoms in total. The minimum absolute atomic E-state index is 0.176. The highest BCUT2D eigenvalue weighted by Crippen LogP contribution is 2.11. The Labute approximate surface area is 142 Å². The van der Waals surface area contributed by atoms with Crippen LogP contribution in [0.1, 0.15) is 6.92 Å². The van der Waals surface area contributed by atoms with E-state index in [0.717, 1.165) is 4.68 Å². The zero-order valence-electron chi connectivity index (χ0n) is 13.6. The Morgan fingerprint density at radius 2 is 2.16 bits per heavy atom. The first kappa shape index (κ1) is 16.7. The second-order valence-corrected chi connectivity index (χ2v) is 5.61. The number of pyridine rings is 1. The molecule has 1 N–H and O–H groups in total. The van der Waals surface area contributed by atoms with Gasteiger partial charge in [0.1, 0.15) is 24.7 Å². The van der Waals surface area contributed by atoms with Crippen LogP contribution >= 0.6 is 0 Å². The average molecular weight is 344 g/mol. The van der Waals surface area contributed by atoms with Gasteiger partial charge in [-0.1, -0.05) is 12.1 Å². The molecule has 0 aliphatic carbocycles. The van der Waals surface area contributed by atoms with E-state index in [1.165, 1.54) is 16.5 Å². The van der Waals surface area contributed by atoms with Gasteiger partial charge in [-0.25, -0.2) is 13.9 Å². The van der Waals surface area contributed by atoms with Crippen LogP contribution in [0, 0.1) is 5.82 Å². The van der Waals surface area contributed by atoms with E-state index < -0.39 is 0 Å². The molecule has 0 spiro atoms. The van der Waals surface area contributed by atoms with Crippen LogP contribution in [0.15, 0.2) is 53.5 Å². The predicted octanol–water partition coefficient (Wildman–Crippen LogP) is 1.22. The van der Waals surface area contributed by atoms with Crippen molar-refractivity contribution in [3.63, 3.8) is 0 Å². The third kappa shape index (κ3) is 4.03. The summed E-state index contributed by atoms with van der Waals surface area (Å²) < 4.78 is 21.0. The smallest absolute Gasteiger partial charge is 0.350 e. The van der Waals surface area contributed by atoms with Crippen LogP contribution in [0.3, 0.4) is 0 Å². The first-order valence-electron chi connectivity index (χ1n) is 7.75. The topological polar surface area (TPSA) is 77.6 Å². The molecule has 0 aliphatic rings. The van der Waals surface area contributed by atoms with Gasteiger partial charge in [-0.2, -0.15) is 0 Å². The Kier molecular flexibility index (Phi) is 4.78. The van der Waals surface area contributed by atoms with Gasteiger partial charge in [0.2, 0.25) is 5.91 Å². The molecule has 3 aromatic rings. The molecule has 0 bridgehead atoms. The molecule has 1 atom stereocenters. The Morgan fingerprint density at radius 3 is 2.92 bits per heavy atom. The zero-order valence-corrected chi connectivity index (χ0v) is 13.6. The van der Waals surface area contributed by atoms with Crippen molar-refractivity contribution in [2.24, 2.45) is 0 Å². The number of hydrogen-bond acceptors (Lipinski definition) is 4. The summed E-state index contributed by atoms with van der Waals surface area (Å²) in [6, 6.07) is 10.6. The lowest BCUT2D eigenvalue weighted by Crippen LogP contribution is -2.40. The fourth-order valence-corrected chi connectivity index (χ4v) is 2.35. The van der Waals surface area contributed by atoms with Crippen molar-refractivity contribution in [3.8, 4) is 5.75 Å². The molecule has 1 aromatic carbocycles. The maximum absolute atomic E-state index is 13.1. The average Bonchev–Trinajstić information content (AvgIpc) is 2.89. The molecule has 0 fully saturated rings. The van der Waals surface area contributed by atoms with E-state index in [2.05, 4.69) is 10.4 Å². The minimum Gasteiger partial charge on any atom is -0.491 e. The lowest BCUT2D eigenvalue weighted by Gasteiger charge is -2.15. The van der Waals surface area contributed by atoms with Gasteiger partial charge in [-0.15, -0.1) is 5.10 Å². The number of hydrogen-bond donors (Lipinski definition) is 1. The van der Waals surface area contributed by atoms with E-state index in [4.69, 9.17) is 4.74 Å². The number of ether oxygens (including phenoxy) is 1. The van der Waals surface area contributed by atoms with Crippen molar-refractivity contribution in [2.45, 2.75) is 19.5 Å². The predicted molar refractivity (Wildman–Crippen MR) is 89.0 cm³/mol. The monoisotopic (exact) mass is 344 g/mol. The number of halogens is 1. The quantitative estimate of drug-likeness (QED) is 0.729. The highest BCUT2D eigenvalue weighted by Gasteiger charge is 2.13. The van der Waals surface area contributed by atoms with Crippen molar-refractivity contribution in [2.75, 3.05) is 6.61 Å². The Hall–Kier alpha value is -3.16. The fourth-order valence-electron chi connectivity index (χ4n) is 2.35. The molecule has 2 heterocycles. The molecule has 0 saturated heterocycles. The van der Waals surface area contributed by atoms with Crippen molar-refractivity contribution in [1.29, 1.82) is 0 Å². The van der Waals surface area contributed by atoms with Gasteiger partial charge >= 0.3 is 5.69 Å². The van der Waals surface area contributed by atoms with Gasteiger partial charge in [0.15, 0.2) is 5.65 Å². The number of carbonyl (C=O) groups is 1. The Balaban J connectivity index is 1.56. The van der Waals surface area contributed by atoms with E-state index in [1.807, 2.05) is 0 Å². The van der Waals surface area contributed by atoms with Crippen LogP contribution in [-0.2, 0) is 11.3 Å². The van der Waals surface area contributed by atoms with Crippen molar-refractivity contribution < 1.29 is 13.9 Å². The molecule has 3 rings (SSSR count). The van der Waals surface area contributed by atoms with E-state index in [9.17, 15) is 14.0 Å². The van der Waals surface area contributed by atoms with Crippen molar-refractivity contribution >= 4 is 11.6 Å². The summed E-state index contributed by atoms with van der Waals surface area (Å²) in [4.78, 5) is 24.2. The first-order chi connectivity index (χ1) is 12.0. The number of nitrogens with one attached hydrogen (secondary N) is 1. The first-order valence-corrected chi connectivity index (χ1v) is 7.75. The molecular weight excluding hydrogens is 327 g/mol. The number of rotatable bonds is 6. The number of aromatic nitrogens is 3. The van der Waals surface area contributed by atoms with Crippen molar-refractivity contribution in [3.05, 3.63) is 65.0 Å².